The molecule has 396 valence electrons. The van der Waals surface area contributed by atoms with Crippen LogP contribution in [0.4, 0.5) is 5.69 Å². The zero-order chi connectivity index (χ0) is 55.6. The van der Waals surface area contributed by atoms with E-state index in [1.165, 1.54) is 36.7 Å². The third-order valence-corrected chi connectivity index (χ3v) is 26.9. The van der Waals surface area contributed by atoms with Crippen molar-refractivity contribution in [2.24, 2.45) is 0 Å². The summed E-state index contributed by atoms with van der Waals surface area (Å²) < 4.78 is 33.0. The Bertz CT molecular complexity index is 3750. The summed E-state index contributed by atoms with van der Waals surface area (Å²) in [5, 5.41) is 16.6. The van der Waals surface area contributed by atoms with Crippen molar-refractivity contribution in [1.82, 2.24) is 0 Å². The molecule has 0 bridgehead atoms. The van der Waals surface area contributed by atoms with E-state index in [1.807, 2.05) is 36.4 Å². The lowest BCUT2D eigenvalue weighted by Gasteiger charge is -2.36. The summed E-state index contributed by atoms with van der Waals surface area (Å²) in [4.78, 5) is 0. The van der Waals surface area contributed by atoms with Gasteiger partial charge in [0.1, 0.15) is 11.5 Å². The van der Waals surface area contributed by atoms with Gasteiger partial charge in [-0.1, -0.05) is 312 Å². The smallest absolute Gasteiger partial charge is 0.400 e. The quantitative estimate of drug-likeness (QED) is 0.0842. The normalized spacial score (nSPS) is 12.9. The van der Waals surface area contributed by atoms with Crippen molar-refractivity contribution in [3.63, 3.8) is 0 Å². The highest BCUT2D eigenvalue weighted by Gasteiger charge is 2.51. The summed E-state index contributed by atoms with van der Waals surface area (Å²) in [5.41, 5.74) is 5.40. The van der Waals surface area contributed by atoms with Crippen LogP contribution in [0.2, 0.25) is 0 Å². The van der Waals surface area contributed by atoms with Gasteiger partial charge in [-0.2, -0.15) is 0 Å². The Kier molecular flexibility index (Phi) is 14.4. The third kappa shape index (κ3) is 9.63. The number of hydrogen-bond acceptors (Lipinski definition) is 3. The van der Waals surface area contributed by atoms with Crippen LogP contribution in [-0.2, 0) is 9.98 Å². The first kappa shape index (κ1) is 52.9. The lowest BCUT2D eigenvalue weighted by Crippen LogP contribution is -2.75. The highest BCUT2D eigenvalue weighted by Crippen LogP contribution is 2.59. The minimum Gasteiger partial charge on any atom is -0.400 e. The van der Waals surface area contributed by atoms with Crippen LogP contribution in [0.3, 0.4) is 0 Å². The van der Waals surface area contributed by atoms with Crippen LogP contribution in [-0.4, -0.2) is 16.1 Å². The molecule has 81 heavy (non-hydrogen) atoms. The van der Waals surface area contributed by atoms with Crippen LogP contribution in [0.15, 0.2) is 291 Å². The van der Waals surface area contributed by atoms with Crippen LogP contribution in [0.25, 0.3) is 32.7 Å². The predicted molar refractivity (Wildman–Crippen MR) is 348 cm³/mol. The molecule has 12 aromatic carbocycles. The summed E-state index contributed by atoms with van der Waals surface area (Å²) in [6.45, 7) is 10.9. The molecule has 12 aromatic rings. The van der Waals surface area contributed by atoms with Crippen molar-refractivity contribution in [1.29, 1.82) is 0 Å². The second kappa shape index (κ2) is 22.0. The van der Waals surface area contributed by atoms with Crippen molar-refractivity contribution in [2.45, 2.75) is 40.0 Å². The third-order valence-electron chi connectivity index (χ3n) is 16.0. The summed E-state index contributed by atoms with van der Waals surface area (Å²) in [6, 6.07) is 104. The number of rotatable bonds is 10. The van der Waals surface area contributed by atoms with E-state index < -0.39 is 23.9 Å². The lowest BCUT2D eigenvalue weighted by molar-refractivity contribution is 0.400. The van der Waals surface area contributed by atoms with Gasteiger partial charge in [0.15, 0.2) is 16.1 Å². The van der Waals surface area contributed by atoms with Gasteiger partial charge in [0.2, 0.25) is 0 Å². The van der Waals surface area contributed by atoms with Gasteiger partial charge in [-0.15, -0.1) is 0 Å². The molecule has 0 aromatic heterocycles. The van der Waals surface area contributed by atoms with Crippen molar-refractivity contribution in [3.05, 3.63) is 308 Å². The molecule has 0 amide bonds. The Morgan fingerprint density at radius 3 is 0.901 bits per heavy atom. The molecule has 0 saturated carbocycles. The molecule has 7 heteroatoms. The molecular formula is C74H64NO3PSi2. The van der Waals surface area contributed by atoms with E-state index >= 15 is 4.57 Å². The topological polar surface area (TPSA) is 47.6 Å². The molecular weight excluding hydrogens is 1040 g/mol. The average Bonchev–Trinajstić information content (AvgIpc) is 2.69. The molecule has 13 rings (SSSR count). The minimum atomic E-state index is -4.56. The number of nitrogens with one attached hydrogen (secondary N) is 1. The van der Waals surface area contributed by atoms with Gasteiger partial charge in [-0.3, -0.25) is 5.09 Å². The van der Waals surface area contributed by atoms with Gasteiger partial charge in [0.25, 0.3) is 0 Å². The second-order valence-corrected chi connectivity index (χ2v) is 31.2. The zero-order valence-corrected chi connectivity index (χ0v) is 49.3. The molecule has 0 unspecified atom stereocenters. The van der Waals surface area contributed by atoms with Gasteiger partial charge in [0.05, 0.1) is 5.69 Å². The Balaban J connectivity index is 0.00000102. The summed E-state index contributed by atoms with van der Waals surface area (Å²) >= 11 is 0. The monoisotopic (exact) mass is 1100 g/mol. The van der Waals surface area contributed by atoms with E-state index in [2.05, 4.69) is 294 Å². The number of hydrogen-bond donors (Lipinski definition) is 1. The highest BCUT2D eigenvalue weighted by atomic mass is 31.2. The Hall–Kier alpha value is -8.78. The molecule has 0 radical (unpaired) electrons. The lowest BCUT2D eigenvalue weighted by atomic mass is 9.85. The van der Waals surface area contributed by atoms with E-state index in [0.29, 0.717) is 11.5 Å². The van der Waals surface area contributed by atoms with Crippen LogP contribution >= 0.6 is 7.75 Å². The van der Waals surface area contributed by atoms with Gasteiger partial charge in [-0.05, 0) is 99.0 Å². The van der Waals surface area contributed by atoms with E-state index in [1.54, 1.807) is 0 Å². The Labute approximate surface area is 479 Å². The molecule has 1 aliphatic rings. The molecule has 1 aliphatic heterocycles. The Morgan fingerprint density at radius 1 is 0.358 bits per heavy atom. The fraction of sp³-hybridized carbons (Fsp3) is 0.0811. The average molecular weight is 1100 g/mol. The standard InChI is InChI=1S/C68H58NO3PSi2.C6H6/c1-48-44-52(68(3,4)5)45-49(2)65(48)69-73(70)71-66-61(74(53-30-12-6-13-31-53,54-32-14-7-15-33-54)55-34-16-8-17-35-55)46-50-28-24-26-42-59(50)63(66)64-60-43-27-25-29-51(60)47-62(67(64)72-73)75(56-36-18-9-19-37-56,57-38-20-10-21-39-57)58-40-22-11-23-41-58;1-2-4-6-5-3-1/h6-47H,1-5H3,(H,69,70);1-6H. The molecule has 0 saturated heterocycles. The molecule has 0 aliphatic carbocycles. The maximum atomic E-state index is 17.5. The van der Waals surface area contributed by atoms with Gasteiger partial charge in [0, 0.05) is 11.1 Å². The number of aryl methyl sites for hydroxylation is 2. The van der Waals surface area contributed by atoms with Crippen molar-refractivity contribution < 1.29 is 13.6 Å². The Morgan fingerprint density at radius 2 is 0.617 bits per heavy atom. The first-order valence-corrected chi connectivity index (χ1v) is 33.4. The predicted octanol–water partition coefficient (Wildman–Crippen LogP) is 14.0. The number of fused-ring (bicyclic) bond motifs is 7. The van der Waals surface area contributed by atoms with E-state index in [0.717, 1.165) is 59.9 Å². The summed E-state index contributed by atoms with van der Waals surface area (Å²) in [5.74, 6) is 1.09. The maximum absolute atomic E-state index is 17.5. The van der Waals surface area contributed by atoms with Crippen molar-refractivity contribution >= 4 is 92.6 Å². The fourth-order valence-electron chi connectivity index (χ4n) is 12.4. The molecule has 0 atom stereocenters. The number of anilines is 1. The second-order valence-electron chi connectivity index (χ2n) is 22.1. The van der Waals surface area contributed by atoms with Crippen LogP contribution in [0, 0.1) is 13.8 Å². The van der Waals surface area contributed by atoms with E-state index in [9.17, 15) is 0 Å². The summed E-state index contributed by atoms with van der Waals surface area (Å²) in [7, 11) is -11.4. The molecule has 4 nitrogen and oxygen atoms in total. The maximum Gasteiger partial charge on any atom is 0.541 e. The van der Waals surface area contributed by atoms with Crippen LogP contribution in [0.5, 0.6) is 11.5 Å². The first-order valence-electron chi connectivity index (χ1n) is 27.9. The van der Waals surface area contributed by atoms with Crippen molar-refractivity contribution in [3.8, 4) is 22.6 Å². The van der Waals surface area contributed by atoms with E-state index in [4.69, 9.17) is 9.05 Å². The van der Waals surface area contributed by atoms with Gasteiger partial charge < -0.3 is 9.05 Å². The van der Waals surface area contributed by atoms with Crippen molar-refractivity contribution in [2.75, 3.05) is 5.09 Å². The van der Waals surface area contributed by atoms with Gasteiger partial charge in [-0.25, -0.2) is 4.57 Å². The van der Waals surface area contributed by atoms with Crippen LogP contribution in [0.1, 0.15) is 37.5 Å². The minimum absolute atomic E-state index is 0.113. The highest BCUT2D eigenvalue weighted by molar-refractivity contribution is 7.56. The SMILES string of the molecule is Cc1cc(C(C)(C)C)cc(C)c1NP1(=O)Oc2c([Si](c3ccccc3)(c3ccccc3)c3ccccc3)cc3ccccc3c2-c2c(c([Si](c3ccccc3)(c3ccccc3)c3ccccc3)cc3ccccc23)O1.c1ccccc1. The zero-order valence-electron chi connectivity index (χ0n) is 46.4. The fourth-order valence-corrected chi connectivity index (χ4v) is 23.9. The molecule has 1 heterocycles. The van der Waals surface area contributed by atoms with Gasteiger partial charge >= 0.3 is 7.75 Å². The summed E-state index contributed by atoms with van der Waals surface area (Å²) in [6.07, 6.45) is 0. The molecule has 0 fully saturated rings. The first-order chi connectivity index (χ1) is 39.5. The number of benzene rings is 12. The van der Waals surface area contributed by atoms with Crippen LogP contribution < -0.4 is 55.6 Å². The molecule has 0 spiro atoms. The largest absolute Gasteiger partial charge is 0.541 e. The molecule has 1 N–H and O–H groups in total. The van der Waals surface area contributed by atoms with E-state index in [-0.39, 0.29) is 5.41 Å².